The van der Waals surface area contributed by atoms with Crippen LogP contribution in [0.1, 0.15) is 69.6 Å². The highest BCUT2D eigenvalue weighted by atomic mass is 32.2. The van der Waals surface area contributed by atoms with Gasteiger partial charge in [-0.15, -0.1) is 22.7 Å². The van der Waals surface area contributed by atoms with E-state index in [4.69, 9.17) is 4.55 Å². The van der Waals surface area contributed by atoms with Crippen LogP contribution < -0.4 is 15.4 Å². The summed E-state index contributed by atoms with van der Waals surface area (Å²) in [5.74, 6) is -0.171. The minimum atomic E-state index is -4.32. The predicted octanol–water partition coefficient (Wildman–Crippen LogP) is 7.82. The van der Waals surface area contributed by atoms with Gasteiger partial charge in [-0.1, -0.05) is 98.8 Å². The van der Waals surface area contributed by atoms with Gasteiger partial charge in [-0.2, -0.15) is 8.42 Å². The van der Waals surface area contributed by atoms with E-state index in [0.717, 1.165) is 56.5 Å². The van der Waals surface area contributed by atoms with Crippen molar-refractivity contribution < 1.29 is 27.5 Å². The summed E-state index contributed by atoms with van der Waals surface area (Å²) in [6.45, 7) is 4.07. The molecular weight excluding hydrogens is 797 g/mol. The van der Waals surface area contributed by atoms with Gasteiger partial charge in [0.05, 0.1) is 46.9 Å². The summed E-state index contributed by atoms with van der Waals surface area (Å²) < 4.78 is 32.8. The second kappa shape index (κ2) is 21.1. The fourth-order valence-corrected chi connectivity index (χ4v) is 8.17. The SMILES string of the molecule is CCc1csc([C@H](Cc2ccc(NS(=O)(=O)O)cc2)NC(=O)Cc2ccccc2)n1.CCc1csc([C@H](Cc2ccc([N+](=O)[O-])cc2)NC(=O)Cc2ccccc2)n1. The molecule has 0 fully saturated rings. The van der Waals surface area contributed by atoms with Crippen molar-refractivity contribution in [1.29, 1.82) is 0 Å². The Morgan fingerprint density at radius 3 is 1.45 bits per heavy atom. The largest absolute Gasteiger partial charge is 0.357 e. The third-order valence-corrected chi connectivity index (χ3v) is 11.3. The van der Waals surface area contributed by atoms with Gasteiger partial charge in [-0.25, -0.2) is 9.97 Å². The number of thiazole rings is 2. The van der Waals surface area contributed by atoms with Crippen LogP contribution in [0, 0.1) is 10.1 Å². The van der Waals surface area contributed by atoms with Crippen LogP contribution in [0.4, 0.5) is 11.4 Å². The quantitative estimate of drug-likeness (QED) is 0.0403. The summed E-state index contributed by atoms with van der Waals surface area (Å²) >= 11 is 3.03. The summed E-state index contributed by atoms with van der Waals surface area (Å²) in [4.78, 5) is 44.9. The number of hydrogen-bond donors (Lipinski definition) is 4. The summed E-state index contributed by atoms with van der Waals surface area (Å²) in [6.07, 6.45) is 3.25. The number of carbonyl (C=O) groups is 2. The number of nitrogens with one attached hydrogen (secondary N) is 3. The second-order valence-electron chi connectivity index (χ2n) is 13.2. The molecule has 6 rings (SSSR count). The van der Waals surface area contributed by atoms with Crippen LogP contribution in [-0.2, 0) is 58.4 Å². The number of nitro groups is 1. The number of anilines is 1. The number of rotatable bonds is 17. The van der Waals surface area contributed by atoms with Gasteiger partial charge in [0.15, 0.2) is 0 Å². The summed E-state index contributed by atoms with van der Waals surface area (Å²) in [5, 5.41) is 22.7. The maximum absolute atomic E-state index is 12.6. The van der Waals surface area contributed by atoms with Crippen molar-refractivity contribution in [3.05, 3.63) is 174 Å². The average molecular weight is 841 g/mol. The zero-order valence-corrected chi connectivity index (χ0v) is 34.4. The van der Waals surface area contributed by atoms with Crippen LogP contribution in [0.3, 0.4) is 0 Å². The zero-order chi connectivity index (χ0) is 41.5. The van der Waals surface area contributed by atoms with Gasteiger partial charge in [-0.3, -0.25) is 29.0 Å². The monoisotopic (exact) mass is 840 g/mol. The Balaban J connectivity index is 0.000000221. The molecule has 0 aliphatic heterocycles. The molecule has 0 aliphatic rings. The smallest absolute Gasteiger partial charge is 0.346 e. The standard InChI is InChI=1S/C21H23N3O4S2.C21H21N3O3S/c1-2-17-14-29-21(22-17)19(23-20(25)13-15-6-4-3-5-7-15)12-16-8-10-18(11-9-16)24-30(26,27)28;1-2-17-14-28-21(22-17)19(12-16-8-10-18(11-9-16)24(26)27)23-20(25)13-15-6-4-3-5-7-15/h3-11,14,19,24H,2,12-13H2,1H3,(H,23,25)(H,26,27,28);3-11,14,19H,2,12-13H2,1H3,(H,23,25)/t2*19-/m00/s1. The summed E-state index contributed by atoms with van der Waals surface area (Å²) in [7, 11) is -4.32. The lowest BCUT2D eigenvalue weighted by atomic mass is 10.0. The molecule has 6 aromatic rings. The molecule has 2 aromatic heterocycles. The highest BCUT2D eigenvalue weighted by Gasteiger charge is 2.21. The van der Waals surface area contributed by atoms with Crippen LogP contribution >= 0.6 is 22.7 Å². The Morgan fingerprint density at radius 2 is 1.09 bits per heavy atom. The number of nitro benzene ring substituents is 1. The molecule has 0 unspecified atom stereocenters. The fourth-order valence-electron chi connectivity index (χ4n) is 5.83. The maximum atomic E-state index is 12.6. The first-order valence-corrected chi connectivity index (χ1v) is 21.7. The minimum absolute atomic E-state index is 0.0518. The molecule has 58 heavy (non-hydrogen) atoms. The van der Waals surface area contributed by atoms with Crippen LogP contribution in [0.25, 0.3) is 0 Å². The van der Waals surface area contributed by atoms with E-state index in [1.165, 1.54) is 34.8 Å². The van der Waals surface area contributed by atoms with Crippen LogP contribution in [0.2, 0.25) is 0 Å². The normalized spacial score (nSPS) is 12.1. The van der Waals surface area contributed by atoms with E-state index in [0.29, 0.717) is 19.3 Å². The molecule has 0 saturated carbocycles. The first-order valence-electron chi connectivity index (χ1n) is 18.5. The first-order chi connectivity index (χ1) is 27.9. The molecule has 0 radical (unpaired) electrons. The number of carbonyl (C=O) groups excluding carboxylic acids is 2. The lowest BCUT2D eigenvalue weighted by Crippen LogP contribution is -2.31. The Kier molecular flexibility index (Phi) is 15.8. The molecule has 302 valence electrons. The van der Waals surface area contributed by atoms with Crippen molar-refractivity contribution in [2.75, 3.05) is 4.72 Å². The van der Waals surface area contributed by atoms with Crippen molar-refractivity contribution in [2.45, 2.75) is 64.5 Å². The van der Waals surface area contributed by atoms with Crippen molar-refractivity contribution in [2.24, 2.45) is 0 Å². The molecule has 2 heterocycles. The van der Waals surface area contributed by atoms with Gasteiger partial charge < -0.3 is 10.6 Å². The Morgan fingerprint density at radius 1 is 0.672 bits per heavy atom. The number of aromatic nitrogens is 2. The predicted molar refractivity (Wildman–Crippen MR) is 227 cm³/mol. The van der Waals surface area contributed by atoms with Gasteiger partial charge >= 0.3 is 10.3 Å². The minimum Gasteiger partial charge on any atom is -0.346 e. The molecule has 0 saturated heterocycles. The molecule has 0 bridgehead atoms. The van der Waals surface area contributed by atoms with Gasteiger partial charge in [0.2, 0.25) is 11.8 Å². The Bertz CT molecular complexity index is 2350. The molecule has 2 amide bonds. The Labute approximate surface area is 345 Å². The van der Waals surface area contributed by atoms with Crippen molar-refractivity contribution in [3.63, 3.8) is 0 Å². The van der Waals surface area contributed by atoms with Gasteiger partial charge in [0, 0.05) is 22.9 Å². The van der Waals surface area contributed by atoms with E-state index in [1.807, 2.05) is 90.0 Å². The van der Waals surface area contributed by atoms with Crippen LogP contribution in [0.5, 0.6) is 0 Å². The average Bonchev–Trinajstić information content (AvgIpc) is 3.90. The third-order valence-electron chi connectivity index (χ3n) is 8.77. The van der Waals surface area contributed by atoms with E-state index in [1.54, 1.807) is 36.4 Å². The zero-order valence-electron chi connectivity index (χ0n) is 31.9. The van der Waals surface area contributed by atoms with Gasteiger partial charge in [0.1, 0.15) is 10.0 Å². The molecule has 16 heteroatoms. The van der Waals surface area contributed by atoms with Gasteiger partial charge in [-0.05, 0) is 60.1 Å². The number of amides is 2. The molecule has 2 atom stereocenters. The Hall–Kier alpha value is -5.81. The number of non-ortho nitro benzene ring substituents is 1. The second-order valence-corrected chi connectivity index (χ2v) is 16.2. The fraction of sp³-hybridized carbons (Fsp3) is 0.238. The summed E-state index contributed by atoms with van der Waals surface area (Å²) in [5.41, 5.74) is 5.96. The van der Waals surface area contributed by atoms with E-state index < -0.39 is 15.2 Å². The number of benzene rings is 4. The van der Waals surface area contributed by atoms with Crippen molar-refractivity contribution in [3.8, 4) is 0 Å². The van der Waals surface area contributed by atoms with E-state index >= 15 is 0 Å². The molecule has 13 nitrogen and oxygen atoms in total. The topological polar surface area (TPSA) is 194 Å². The van der Waals surface area contributed by atoms with E-state index in [2.05, 4.69) is 20.6 Å². The highest BCUT2D eigenvalue weighted by molar-refractivity contribution is 7.87. The van der Waals surface area contributed by atoms with Gasteiger partial charge in [0.25, 0.3) is 5.69 Å². The van der Waals surface area contributed by atoms with Crippen molar-refractivity contribution in [1.82, 2.24) is 20.6 Å². The molecule has 0 aliphatic carbocycles. The van der Waals surface area contributed by atoms with E-state index in [-0.39, 0.29) is 41.7 Å². The molecule has 4 aromatic carbocycles. The van der Waals surface area contributed by atoms with Crippen LogP contribution in [-0.4, -0.2) is 39.7 Å². The molecular formula is C42H44N6O7S3. The lowest BCUT2D eigenvalue weighted by Gasteiger charge is -2.17. The third kappa shape index (κ3) is 14.0. The molecule has 0 spiro atoms. The molecule has 4 N–H and O–H groups in total. The first kappa shape index (κ1) is 43.3. The van der Waals surface area contributed by atoms with Crippen molar-refractivity contribution >= 4 is 56.2 Å². The highest BCUT2D eigenvalue weighted by Crippen LogP contribution is 2.26. The summed E-state index contributed by atoms with van der Waals surface area (Å²) in [6, 6.07) is 31.6. The van der Waals surface area contributed by atoms with E-state index in [9.17, 15) is 28.1 Å². The van der Waals surface area contributed by atoms with Crippen LogP contribution in [0.15, 0.2) is 120 Å². The maximum Gasteiger partial charge on any atom is 0.357 e. The number of nitrogens with zero attached hydrogens (tertiary/aromatic N) is 3. The number of aryl methyl sites for hydroxylation is 2. The lowest BCUT2D eigenvalue weighted by molar-refractivity contribution is -0.384. The number of hydrogen-bond acceptors (Lipinski definition) is 10.